The van der Waals surface area contributed by atoms with Crippen molar-refractivity contribution >= 4 is 23.2 Å². The van der Waals surface area contributed by atoms with Gasteiger partial charge in [0.15, 0.2) is 5.82 Å². The van der Waals surface area contributed by atoms with Crippen LogP contribution in [0.2, 0.25) is 10.6 Å². The number of nitrogens with one attached hydrogen (secondary N) is 1. The maximum absolute atomic E-state index is 5.61. The summed E-state index contributed by atoms with van der Waals surface area (Å²) in [5.74, 6) is 0.440. The third-order valence-corrected chi connectivity index (χ3v) is 1.76. The fraction of sp³-hybridized carbons (Fsp3) is 0. The lowest BCUT2D eigenvalue weighted by Gasteiger charge is -1.96. The molecule has 2 rings (SSSR count). The van der Waals surface area contributed by atoms with Gasteiger partial charge in [0.25, 0.3) is 0 Å². The van der Waals surface area contributed by atoms with E-state index in [0.717, 1.165) is 5.69 Å². The van der Waals surface area contributed by atoms with E-state index in [1.807, 2.05) is 12.1 Å². The number of hydrogen-bond acceptors (Lipinski definition) is 3. The van der Waals surface area contributed by atoms with Crippen molar-refractivity contribution in [2.75, 3.05) is 0 Å². The van der Waals surface area contributed by atoms with Crippen molar-refractivity contribution in [3.05, 3.63) is 28.9 Å². The van der Waals surface area contributed by atoms with E-state index in [1.165, 1.54) is 0 Å². The average molecular weight is 215 g/mol. The third-order valence-electron chi connectivity index (χ3n) is 1.42. The SMILES string of the molecule is Clc1nc(Cl)nc(-c2ccc[nH]2)n1. The molecule has 0 saturated heterocycles. The molecule has 0 unspecified atom stereocenters. The lowest BCUT2D eigenvalue weighted by atomic mass is 10.4. The van der Waals surface area contributed by atoms with Crippen molar-refractivity contribution < 1.29 is 0 Å². The second-order valence-electron chi connectivity index (χ2n) is 2.28. The molecule has 0 amide bonds. The van der Waals surface area contributed by atoms with Crippen LogP contribution in [0.5, 0.6) is 0 Å². The molecule has 0 radical (unpaired) electrons. The Morgan fingerprint density at radius 1 is 1.08 bits per heavy atom. The summed E-state index contributed by atoms with van der Waals surface area (Å²) >= 11 is 11.2. The van der Waals surface area contributed by atoms with Crippen LogP contribution in [0.1, 0.15) is 0 Å². The van der Waals surface area contributed by atoms with Gasteiger partial charge in [0.05, 0.1) is 5.69 Å². The monoisotopic (exact) mass is 214 g/mol. The summed E-state index contributed by atoms with van der Waals surface area (Å²) in [6.07, 6.45) is 1.76. The molecule has 66 valence electrons. The van der Waals surface area contributed by atoms with Gasteiger partial charge in [-0.3, -0.25) is 0 Å². The van der Waals surface area contributed by atoms with E-state index in [0.29, 0.717) is 5.82 Å². The Balaban J connectivity index is 2.53. The van der Waals surface area contributed by atoms with E-state index in [-0.39, 0.29) is 10.6 Å². The third kappa shape index (κ3) is 1.79. The van der Waals surface area contributed by atoms with E-state index in [4.69, 9.17) is 23.2 Å². The van der Waals surface area contributed by atoms with Crippen LogP contribution in [0, 0.1) is 0 Å². The smallest absolute Gasteiger partial charge is 0.227 e. The first kappa shape index (κ1) is 8.47. The van der Waals surface area contributed by atoms with Crippen molar-refractivity contribution in [1.82, 2.24) is 19.9 Å². The van der Waals surface area contributed by atoms with Gasteiger partial charge in [0.2, 0.25) is 10.6 Å². The van der Waals surface area contributed by atoms with E-state index >= 15 is 0 Å². The Labute approximate surface area is 84.0 Å². The van der Waals surface area contributed by atoms with Gasteiger partial charge in [0, 0.05) is 6.20 Å². The van der Waals surface area contributed by atoms with E-state index in [2.05, 4.69) is 19.9 Å². The molecule has 0 aliphatic heterocycles. The first-order valence-corrected chi connectivity index (χ1v) is 4.22. The molecule has 0 atom stereocenters. The normalized spacial score (nSPS) is 10.3. The van der Waals surface area contributed by atoms with Gasteiger partial charge in [0.1, 0.15) is 0 Å². The Kier molecular flexibility index (Phi) is 2.16. The highest BCUT2D eigenvalue weighted by atomic mass is 35.5. The molecular formula is C7H4Cl2N4. The number of hydrogen-bond donors (Lipinski definition) is 1. The lowest BCUT2D eigenvalue weighted by Crippen LogP contribution is -1.93. The molecule has 0 aliphatic rings. The Morgan fingerprint density at radius 3 is 2.31 bits per heavy atom. The first-order valence-electron chi connectivity index (χ1n) is 3.46. The van der Waals surface area contributed by atoms with Crippen LogP contribution >= 0.6 is 23.2 Å². The van der Waals surface area contributed by atoms with Crippen molar-refractivity contribution in [3.63, 3.8) is 0 Å². The van der Waals surface area contributed by atoms with Crippen LogP contribution in [0.15, 0.2) is 18.3 Å². The number of H-pyrrole nitrogens is 1. The molecule has 2 aromatic rings. The van der Waals surface area contributed by atoms with Gasteiger partial charge >= 0.3 is 0 Å². The minimum atomic E-state index is 0.0876. The number of nitrogens with zero attached hydrogens (tertiary/aromatic N) is 3. The largest absolute Gasteiger partial charge is 0.359 e. The predicted molar refractivity (Wildman–Crippen MR) is 49.6 cm³/mol. The second-order valence-corrected chi connectivity index (χ2v) is 2.96. The standard InChI is InChI=1S/C7H4Cl2N4/c8-6-11-5(12-7(9)13-6)4-2-1-3-10-4/h1-3,10H. The van der Waals surface area contributed by atoms with E-state index in [9.17, 15) is 0 Å². The zero-order valence-corrected chi connectivity index (χ0v) is 7.84. The summed E-state index contributed by atoms with van der Waals surface area (Å²) in [5.41, 5.74) is 0.756. The van der Waals surface area contributed by atoms with Crippen LogP contribution in [-0.4, -0.2) is 19.9 Å². The highest BCUT2D eigenvalue weighted by Crippen LogP contribution is 2.15. The minimum absolute atomic E-state index is 0.0876. The quantitative estimate of drug-likeness (QED) is 0.792. The maximum Gasteiger partial charge on any atom is 0.227 e. The molecule has 0 aromatic carbocycles. The van der Waals surface area contributed by atoms with Crippen LogP contribution in [0.4, 0.5) is 0 Å². The van der Waals surface area contributed by atoms with Gasteiger partial charge < -0.3 is 4.98 Å². The van der Waals surface area contributed by atoms with Gasteiger partial charge in [-0.2, -0.15) is 15.0 Å². The van der Waals surface area contributed by atoms with E-state index in [1.54, 1.807) is 6.20 Å². The van der Waals surface area contributed by atoms with Crippen molar-refractivity contribution in [2.45, 2.75) is 0 Å². The topological polar surface area (TPSA) is 54.5 Å². The number of halogens is 2. The summed E-state index contributed by atoms with van der Waals surface area (Å²) in [5, 5.41) is 0.175. The maximum atomic E-state index is 5.61. The molecule has 13 heavy (non-hydrogen) atoms. The minimum Gasteiger partial charge on any atom is -0.359 e. The average Bonchev–Trinajstić information content (AvgIpc) is 2.53. The van der Waals surface area contributed by atoms with Crippen molar-refractivity contribution in [2.24, 2.45) is 0 Å². The molecule has 0 aliphatic carbocycles. The molecule has 6 heteroatoms. The highest BCUT2D eigenvalue weighted by molar-refractivity contribution is 6.31. The number of aromatic nitrogens is 4. The summed E-state index contributed by atoms with van der Waals surface area (Å²) in [4.78, 5) is 14.4. The number of aromatic amines is 1. The van der Waals surface area contributed by atoms with Crippen LogP contribution in [-0.2, 0) is 0 Å². The fourth-order valence-electron chi connectivity index (χ4n) is 0.916. The zero-order chi connectivity index (χ0) is 9.26. The Morgan fingerprint density at radius 2 is 1.77 bits per heavy atom. The van der Waals surface area contributed by atoms with E-state index < -0.39 is 0 Å². The zero-order valence-electron chi connectivity index (χ0n) is 6.33. The molecular weight excluding hydrogens is 211 g/mol. The molecule has 2 heterocycles. The summed E-state index contributed by atoms with van der Waals surface area (Å²) in [7, 11) is 0. The highest BCUT2D eigenvalue weighted by Gasteiger charge is 2.05. The summed E-state index contributed by atoms with van der Waals surface area (Å²) in [6.45, 7) is 0. The molecule has 0 bridgehead atoms. The van der Waals surface area contributed by atoms with Gasteiger partial charge in [-0.25, -0.2) is 0 Å². The first-order chi connectivity index (χ1) is 6.25. The second kappa shape index (κ2) is 3.32. The molecule has 0 spiro atoms. The number of rotatable bonds is 1. The summed E-state index contributed by atoms with van der Waals surface area (Å²) < 4.78 is 0. The van der Waals surface area contributed by atoms with Crippen LogP contribution < -0.4 is 0 Å². The molecule has 0 saturated carbocycles. The molecule has 4 nitrogen and oxygen atoms in total. The van der Waals surface area contributed by atoms with Gasteiger partial charge in [-0.15, -0.1) is 0 Å². The Hall–Kier alpha value is -1.13. The summed E-state index contributed by atoms with van der Waals surface area (Å²) in [6, 6.07) is 3.66. The van der Waals surface area contributed by atoms with Crippen molar-refractivity contribution in [3.8, 4) is 11.5 Å². The van der Waals surface area contributed by atoms with Gasteiger partial charge in [-0.1, -0.05) is 0 Å². The van der Waals surface area contributed by atoms with Crippen LogP contribution in [0.3, 0.4) is 0 Å². The van der Waals surface area contributed by atoms with Crippen LogP contribution in [0.25, 0.3) is 11.5 Å². The molecule has 0 fully saturated rings. The Bertz CT molecular complexity index is 392. The van der Waals surface area contributed by atoms with Gasteiger partial charge in [-0.05, 0) is 35.3 Å². The lowest BCUT2D eigenvalue weighted by molar-refractivity contribution is 1.05. The molecule has 1 N–H and O–H groups in total. The fourth-order valence-corrected chi connectivity index (χ4v) is 1.28. The predicted octanol–water partition coefficient (Wildman–Crippen LogP) is 2.17. The van der Waals surface area contributed by atoms with Crippen molar-refractivity contribution in [1.29, 1.82) is 0 Å². The molecule has 2 aromatic heterocycles.